The number of halogens is 1. The molecule has 0 saturated carbocycles. The SMILES string of the molecule is CSC[I-]C1c2n[nH]nc2C1C(C)C(C)C. The molecule has 0 radical (unpaired) electrons. The average Bonchev–Trinajstić information content (AvgIpc) is 2.63. The quantitative estimate of drug-likeness (QED) is 0.582. The summed E-state index contributed by atoms with van der Waals surface area (Å²) in [7, 11) is 0. The third-order valence-corrected chi connectivity index (χ3v) is 9.06. The van der Waals surface area contributed by atoms with E-state index in [-0.39, 0.29) is 21.2 Å². The molecule has 1 heterocycles. The maximum absolute atomic E-state index is 4.32. The summed E-state index contributed by atoms with van der Waals surface area (Å²) in [6, 6.07) is 0. The van der Waals surface area contributed by atoms with Gasteiger partial charge in [-0.3, -0.25) is 0 Å². The number of H-pyrrole nitrogens is 1. The molecular formula is C11H19IN3S-. The van der Waals surface area contributed by atoms with Crippen molar-refractivity contribution in [3.05, 3.63) is 11.4 Å². The second-order valence-electron chi connectivity index (χ2n) is 4.68. The van der Waals surface area contributed by atoms with Gasteiger partial charge in [0.15, 0.2) is 0 Å². The van der Waals surface area contributed by atoms with Crippen LogP contribution >= 0.6 is 11.8 Å². The minimum atomic E-state index is 0.227. The molecule has 0 aliphatic heterocycles. The first-order valence-corrected chi connectivity index (χ1v) is 9.80. The molecule has 0 aromatic carbocycles. The monoisotopic (exact) mass is 352 g/mol. The van der Waals surface area contributed by atoms with Gasteiger partial charge in [0.1, 0.15) is 0 Å². The van der Waals surface area contributed by atoms with Crippen LogP contribution in [0.4, 0.5) is 0 Å². The van der Waals surface area contributed by atoms with Crippen LogP contribution in [0.25, 0.3) is 0 Å². The molecule has 0 fully saturated rings. The molecule has 3 atom stereocenters. The van der Waals surface area contributed by atoms with Crippen molar-refractivity contribution in [2.24, 2.45) is 11.8 Å². The first kappa shape index (κ1) is 12.7. The van der Waals surface area contributed by atoms with E-state index in [0.29, 0.717) is 5.92 Å². The van der Waals surface area contributed by atoms with Crippen molar-refractivity contribution in [2.45, 2.75) is 30.6 Å². The maximum atomic E-state index is 4.32. The summed E-state index contributed by atoms with van der Waals surface area (Å²) >= 11 is 2.20. The summed E-state index contributed by atoms with van der Waals surface area (Å²) in [4.78, 5) is 0. The van der Waals surface area contributed by atoms with Gasteiger partial charge in [-0.25, -0.2) is 0 Å². The first-order valence-electron chi connectivity index (χ1n) is 5.64. The molecule has 0 saturated heterocycles. The number of nitrogens with one attached hydrogen (secondary N) is 1. The summed E-state index contributed by atoms with van der Waals surface area (Å²) in [6.07, 6.45) is 2.20. The Labute approximate surface area is 112 Å². The average molecular weight is 352 g/mol. The molecular weight excluding hydrogens is 333 g/mol. The van der Waals surface area contributed by atoms with Gasteiger partial charge in [0.05, 0.1) is 0 Å². The molecule has 0 spiro atoms. The van der Waals surface area contributed by atoms with Gasteiger partial charge in [-0.05, 0) is 0 Å². The van der Waals surface area contributed by atoms with Gasteiger partial charge in [-0.1, -0.05) is 0 Å². The molecule has 92 valence electrons. The topological polar surface area (TPSA) is 41.6 Å². The van der Waals surface area contributed by atoms with E-state index in [0.717, 1.165) is 15.8 Å². The van der Waals surface area contributed by atoms with Crippen LogP contribution in [0.15, 0.2) is 0 Å². The molecule has 5 heteroatoms. The van der Waals surface area contributed by atoms with Gasteiger partial charge in [0.2, 0.25) is 0 Å². The number of rotatable bonds is 5. The standard InChI is InChI=1S/C11H19IN3S/c1-6(2)7(3)8-9(12-5-16-4)11-10(8)13-15-14-11/h6-9H,5H2,1-4H3,(H,13,14,15)/q-1. The van der Waals surface area contributed by atoms with Crippen LogP contribution < -0.4 is 21.2 Å². The minimum absolute atomic E-state index is 0.227. The van der Waals surface area contributed by atoms with Crippen molar-refractivity contribution in [3.8, 4) is 0 Å². The summed E-state index contributed by atoms with van der Waals surface area (Å²) in [5.74, 6) is 2.13. The third-order valence-electron chi connectivity index (χ3n) is 3.45. The number of fused-ring (bicyclic) bond motifs is 1. The van der Waals surface area contributed by atoms with Crippen LogP contribution in [0.5, 0.6) is 0 Å². The predicted octanol–water partition coefficient (Wildman–Crippen LogP) is -0.355. The van der Waals surface area contributed by atoms with E-state index < -0.39 is 0 Å². The Balaban J connectivity index is 2.12. The fourth-order valence-corrected chi connectivity index (χ4v) is 7.06. The van der Waals surface area contributed by atoms with Crippen LogP contribution in [0.1, 0.15) is 42.0 Å². The number of hydrogen-bond donors (Lipinski definition) is 1. The van der Waals surface area contributed by atoms with Gasteiger partial charge < -0.3 is 0 Å². The van der Waals surface area contributed by atoms with Crippen molar-refractivity contribution in [2.75, 3.05) is 10.0 Å². The van der Waals surface area contributed by atoms with Gasteiger partial charge in [-0.15, -0.1) is 0 Å². The van der Waals surface area contributed by atoms with E-state index >= 15 is 0 Å². The Morgan fingerprint density at radius 1 is 1.31 bits per heavy atom. The van der Waals surface area contributed by atoms with Crippen LogP contribution in [0, 0.1) is 11.8 Å². The Bertz CT molecular complexity index is 353. The number of aromatic nitrogens is 3. The molecule has 16 heavy (non-hydrogen) atoms. The van der Waals surface area contributed by atoms with E-state index in [1.54, 1.807) is 0 Å². The zero-order chi connectivity index (χ0) is 11.7. The van der Waals surface area contributed by atoms with E-state index in [2.05, 4.69) is 42.4 Å². The summed E-state index contributed by atoms with van der Waals surface area (Å²) in [5.41, 5.74) is 2.53. The van der Waals surface area contributed by atoms with Crippen molar-refractivity contribution in [1.29, 1.82) is 0 Å². The molecule has 1 N–H and O–H groups in total. The van der Waals surface area contributed by atoms with E-state index in [9.17, 15) is 0 Å². The second kappa shape index (κ2) is 5.25. The predicted molar refractivity (Wildman–Crippen MR) is 64.2 cm³/mol. The van der Waals surface area contributed by atoms with Crippen LogP contribution in [0.3, 0.4) is 0 Å². The Hall–Kier alpha value is 0.220. The molecule has 1 aromatic heterocycles. The molecule has 2 rings (SSSR count). The van der Waals surface area contributed by atoms with Gasteiger partial charge in [0, 0.05) is 0 Å². The molecule has 0 bridgehead atoms. The van der Waals surface area contributed by atoms with Crippen LogP contribution in [-0.2, 0) is 0 Å². The molecule has 0 amide bonds. The fourth-order valence-electron chi connectivity index (χ4n) is 2.14. The summed E-state index contributed by atoms with van der Waals surface area (Å²) in [6.45, 7) is 6.99. The van der Waals surface area contributed by atoms with Crippen molar-refractivity contribution in [1.82, 2.24) is 15.4 Å². The number of nitrogens with zero attached hydrogens (tertiary/aromatic N) is 2. The van der Waals surface area contributed by atoms with Crippen LogP contribution in [-0.4, -0.2) is 25.4 Å². The van der Waals surface area contributed by atoms with Crippen molar-refractivity contribution < 1.29 is 21.2 Å². The zero-order valence-corrected chi connectivity index (χ0v) is 13.2. The Kier molecular flexibility index (Phi) is 4.15. The number of hydrogen-bond acceptors (Lipinski definition) is 3. The summed E-state index contributed by atoms with van der Waals surface area (Å²) < 4.78 is 2.08. The summed E-state index contributed by atoms with van der Waals surface area (Å²) in [5, 5.41) is 11.4. The van der Waals surface area contributed by atoms with Gasteiger partial charge in [-0.2, -0.15) is 0 Å². The number of alkyl halides is 2. The number of thioether (sulfide) groups is 1. The molecule has 1 aliphatic carbocycles. The van der Waals surface area contributed by atoms with E-state index in [4.69, 9.17) is 0 Å². The molecule has 3 nitrogen and oxygen atoms in total. The normalized spacial score (nSPS) is 25.6. The third kappa shape index (κ3) is 2.12. The fraction of sp³-hybridized carbons (Fsp3) is 0.818. The second-order valence-corrected chi connectivity index (χ2v) is 9.56. The first-order chi connectivity index (χ1) is 7.66. The number of aromatic amines is 1. The molecule has 3 unspecified atom stereocenters. The molecule has 1 aromatic rings. The Morgan fingerprint density at radius 2 is 2.00 bits per heavy atom. The van der Waals surface area contributed by atoms with Crippen molar-refractivity contribution >= 4 is 11.8 Å². The Morgan fingerprint density at radius 3 is 2.62 bits per heavy atom. The van der Waals surface area contributed by atoms with E-state index in [1.165, 1.54) is 15.1 Å². The zero-order valence-electron chi connectivity index (χ0n) is 10.2. The van der Waals surface area contributed by atoms with Crippen LogP contribution in [0.2, 0.25) is 0 Å². The van der Waals surface area contributed by atoms with Crippen molar-refractivity contribution in [3.63, 3.8) is 0 Å². The van der Waals surface area contributed by atoms with E-state index in [1.807, 2.05) is 11.8 Å². The van der Waals surface area contributed by atoms with Gasteiger partial charge >= 0.3 is 112 Å². The van der Waals surface area contributed by atoms with Gasteiger partial charge in [0.25, 0.3) is 0 Å². The molecule has 1 aliphatic rings.